The maximum atomic E-state index is 13.5. The van der Waals surface area contributed by atoms with E-state index in [1.807, 2.05) is 36.4 Å². The molecule has 8 heteroatoms. The summed E-state index contributed by atoms with van der Waals surface area (Å²) in [6.07, 6.45) is -0.285. The SMILES string of the molecule is COc1ccc(N2CCN(CN3C(=O)C4(OCC(CCl)O4)c4ccccc43)CC2)cc1. The van der Waals surface area contributed by atoms with Crippen molar-refractivity contribution >= 4 is 28.9 Å². The molecule has 5 rings (SSSR count). The van der Waals surface area contributed by atoms with Crippen LogP contribution in [0.4, 0.5) is 11.4 Å². The number of alkyl halides is 1. The Morgan fingerprint density at radius 3 is 2.52 bits per heavy atom. The number of hydrogen-bond acceptors (Lipinski definition) is 6. The number of hydrogen-bond donors (Lipinski definition) is 0. The lowest BCUT2D eigenvalue weighted by molar-refractivity contribution is -0.185. The third-order valence-electron chi connectivity index (χ3n) is 6.20. The largest absolute Gasteiger partial charge is 0.497 e. The standard InChI is InChI=1S/C23H26ClN3O4/c1-29-18-8-6-17(7-9-18)26-12-10-25(11-13-26)16-27-21-5-3-2-4-20(21)23(22(27)28)30-15-19(14-24)31-23/h2-9,19H,10-16H2,1H3. The van der Waals surface area contributed by atoms with Crippen molar-refractivity contribution in [2.24, 2.45) is 0 Å². The Morgan fingerprint density at radius 2 is 1.84 bits per heavy atom. The van der Waals surface area contributed by atoms with Gasteiger partial charge in [0.1, 0.15) is 5.75 Å². The molecule has 3 heterocycles. The first kappa shape index (κ1) is 20.6. The van der Waals surface area contributed by atoms with Gasteiger partial charge in [0, 0.05) is 37.4 Å². The van der Waals surface area contributed by atoms with Gasteiger partial charge in [-0.05, 0) is 30.3 Å². The molecule has 31 heavy (non-hydrogen) atoms. The van der Waals surface area contributed by atoms with Gasteiger partial charge in [0.05, 0.1) is 38.1 Å². The Bertz CT molecular complexity index is 948. The van der Waals surface area contributed by atoms with Crippen molar-refractivity contribution in [3.63, 3.8) is 0 Å². The van der Waals surface area contributed by atoms with E-state index < -0.39 is 5.79 Å². The third-order valence-corrected chi connectivity index (χ3v) is 6.55. The number of fused-ring (bicyclic) bond motifs is 2. The molecule has 2 saturated heterocycles. The molecule has 0 aromatic heterocycles. The molecule has 164 valence electrons. The lowest BCUT2D eigenvalue weighted by Gasteiger charge is -2.38. The molecule has 2 atom stereocenters. The quantitative estimate of drug-likeness (QED) is 0.662. The second-order valence-electron chi connectivity index (χ2n) is 8.02. The maximum absolute atomic E-state index is 13.5. The first-order chi connectivity index (χ1) is 15.1. The van der Waals surface area contributed by atoms with Crippen molar-refractivity contribution in [1.29, 1.82) is 0 Å². The van der Waals surface area contributed by atoms with Crippen LogP contribution in [-0.2, 0) is 20.1 Å². The van der Waals surface area contributed by atoms with Gasteiger partial charge in [0.25, 0.3) is 11.7 Å². The van der Waals surface area contributed by atoms with Crippen molar-refractivity contribution in [3.8, 4) is 5.75 Å². The molecule has 0 bridgehead atoms. The van der Waals surface area contributed by atoms with Crippen molar-refractivity contribution in [2.75, 3.05) is 62.2 Å². The zero-order valence-electron chi connectivity index (χ0n) is 17.5. The molecule has 2 fully saturated rings. The van der Waals surface area contributed by atoms with Gasteiger partial charge in [0.15, 0.2) is 0 Å². The lowest BCUT2D eigenvalue weighted by Crippen LogP contribution is -2.52. The summed E-state index contributed by atoms with van der Waals surface area (Å²) >= 11 is 5.97. The van der Waals surface area contributed by atoms with Crippen LogP contribution in [0.2, 0.25) is 0 Å². The summed E-state index contributed by atoms with van der Waals surface area (Å²) in [6.45, 7) is 4.32. The molecule has 0 N–H and O–H groups in total. The highest BCUT2D eigenvalue weighted by Crippen LogP contribution is 2.47. The Balaban J connectivity index is 1.28. The number of piperazine rings is 1. The maximum Gasteiger partial charge on any atom is 0.293 e. The second kappa shape index (κ2) is 8.31. The van der Waals surface area contributed by atoms with Crippen LogP contribution in [0.15, 0.2) is 48.5 Å². The van der Waals surface area contributed by atoms with E-state index in [0.29, 0.717) is 19.2 Å². The van der Waals surface area contributed by atoms with Crippen molar-refractivity contribution < 1.29 is 19.0 Å². The zero-order chi connectivity index (χ0) is 21.4. The van der Waals surface area contributed by atoms with Crippen LogP contribution in [0.25, 0.3) is 0 Å². The molecule has 2 unspecified atom stereocenters. The fourth-order valence-corrected chi connectivity index (χ4v) is 4.67. The highest BCUT2D eigenvalue weighted by atomic mass is 35.5. The Kier molecular flexibility index (Phi) is 5.52. The van der Waals surface area contributed by atoms with E-state index >= 15 is 0 Å². The van der Waals surface area contributed by atoms with Crippen molar-refractivity contribution in [2.45, 2.75) is 11.9 Å². The van der Waals surface area contributed by atoms with Crippen LogP contribution in [0.5, 0.6) is 5.75 Å². The Morgan fingerprint density at radius 1 is 1.10 bits per heavy atom. The highest BCUT2D eigenvalue weighted by Gasteiger charge is 2.58. The average molecular weight is 444 g/mol. The number of halogens is 1. The summed E-state index contributed by atoms with van der Waals surface area (Å²) in [4.78, 5) is 19.9. The number of para-hydroxylation sites is 1. The summed E-state index contributed by atoms with van der Waals surface area (Å²) in [5, 5.41) is 0. The summed E-state index contributed by atoms with van der Waals surface area (Å²) in [6, 6.07) is 15.8. The molecule has 7 nitrogen and oxygen atoms in total. The normalized spacial score (nSPS) is 26.0. The van der Waals surface area contributed by atoms with Crippen LogP contribution >= 0.6 is 11.6 Å². The van der Waals surface area contributed by atoms with Gasteiger partial charge in [-0.15, -0.1) is 11.6 Å². The number of carbonyl (C=O) groups is 1. The molecule has 0 saturated carbocycles. The summed E-state index contributed by atoms with van der Waals surface area (Å²) in [7, 11) is 1.67. The first-order valence-corrected chi connectivity index (χ1v) is 11.1. The van der Waals surface area contributed by atoms with Gasteiger partial charge in [0.2, 0.25) is 0 Å². The number of carbonyl (C=O) groups excluding carboxylic acids is 1. The number of methoxy groups -OCH3 is 1. The Labute approximate surface area is 187 Å². The smallest absolute Gasteiger partial charge is 0.293 e. The molecule has 3 aliphatic heterocycles. The molecular weight excluding hydrogens is 418 g/mol. The van der Waals surface area contributed by atoms with Crippen molar-refractivity contribution in [3.05, 3.63) is 54.1 Å². The molecule has 2 aromatic rings. The van der Waals surface area contributed by atoms with E-state index in [1.165, 1.54) is 5.69 Å². The minimum Gasteiger partial charge on any atom is -0.497 e. The minimum absolute atomic E-state index is 0.168. The summed E-state index contributed by atoms with van der Waals surface area (Å²) < 4.78 is 17.2. The Hall–Kier alpha value is -2.32. The second-order valence-corrected chi connectivity index (χ2v) is 8.33. The van der Waals surface area contributed by atoms with E-state index in [4.69, 9.17) is 25.8 Å². The molecule has 3 aliphatic rings. The summed E-state index contributed by atoms with van der Waals surface area (Å²) in [5.41, 5.74) is 2.80. The molecule has 1 amide bonds. The summed E-state index contributed by atoms with van der Waals surface area (Å²) in [5.74, 6) is -0.375. The number of nitrogens with zero attached hydrogens (tertiary/aromatic N) is 3. The predicted octanol–water partition coefficient (Wildman–Crippen LogP) is 2.63. The first-order valence-electron chi connectivity index (χ1n) is 10.5. The monoisotopic (exact) mass is 443 g/mol. The van der Waals surface area contributed by atoms with E-state index in [1.54, 1.807) is 12.0 Å². The topological polar surface area (TPSA) is 54.5 Å². The van der Waals surface area contributed by atoms with Gasteiger partial charge in [-0.3, -0.25) is 14.6 Å². The van der Waals surface area contributed by atoms with Gasteiger partial charge in [-0.1, -0.05) is 18.2 Å². The molecule has 1 spiro atoms. The van der Waals surface area contributed by atoms with Crippen LogP contribution in [0.3, 0.4) is 0 Å². The number of amides is 1. The van der Waals surface area contributed by atoms with Gasteiger partial charge in [-0.2, -0.15) is 0 Å². The number of ether oxygens (including phenoxy) is 3. The number of benzene rings is 2. The van der Waals surface area contributed by atoms with Crippen LogP contribution in [-0.4, -0.2) is 69.4 Å². The number of rotatable bonds is 5. The molecule has 2 aromatic carbocycles. The third kappa shape index (κ3) is 3.55. The highest BCUT2D eigenvalue weighted by molar-refractivity contribution is 6.18. The van der Waals surface area contributed by atoms with Crippen LogP contribution < -0.4 is 14.5 Å². The van der Waals surface area contributed by atoms with Crippen LogP contribution in [0, 0.1) is 0 Å². The molecule has 0 aliphatic carbocycles. The van der Waals surface area contributed by atoms with Gasteiger partial charge >= 0.3 is 0 Å². The van der Waals surface area contributed by atoms with E-state index in [-0.39, 0.29) is 12.0 Å². The van der Waals surface area contributed by atoms with E-state index in [9.17, 15) is 4.79 Å². The number of anilines is 2. The fourth-order valence-electron chi connectivity index (χ4n) is 4.51. The van der Waals surface area contributed by atoms with Crippen molar-refractivity contribution in [1.82, 2.24) is 4.90 Å². The molecular formula is C23H26ClN3O4. The predicted molar refractivity (Wildman–Crippen MR) is 119 cm³/mol. The lowest BCUT2D eigenvalue weighted by atomic mass is 10.1. The molecule has 0 radical (unpaired) electrons. The minimum atomic E-state index is -1.36. The van der Waals surface area contributed by atoms with E-state index in [0.717, 1.165) is 43.2 Å². The van der Waals surface area contributed by atoms with Gasteiger partial charge in [-0.25, -0.2) is 0 Å². The van der Waals surface area contributed by atoms with E-state index in [2.05, 4.69) is 21.9 Å². The average Bonchev–Trinajstić information content (AvgIpc) is 3.36. The van der Waals surface area contributed by atoms with Crippen LogP contribution in [0.1, 0.15) is 5.56 Å². The fraction of sp³-hybridized carbons (Fsp3) is 0.435. The zero-order valence-corrected chi connectivity index (χ0v) is 18.3. The van der Waals surface area contributed by atoms with Gasteiger partial charge < -0.3 is 19.1 Å².